The Labute approximate surface area is 73.3 Å². The van der Waals surface area contributed by atoms with E-state index in [1.165, 1.54) is 5.56 Å². The predicted molar refractivity (Wildman–Crippen MR) is 48.9 cm³/mol. The van der Waals surface area contributed by atoms with Crippen LogP contribution >= 0.6 is 0 Å². The highest BCUT2D eigenvalue weighted by molar-refractivity contribution is 5.21. The lowest BCUT2D eigenvalue weighted by atomic mass is 10.1. The standard InChI is InChI=1S/C10H15NO/c1-3-8-5-9(4-2)11-10(6-8)7-12/h5-6,12H,3-4,7H2,1-2H3. The minimum absolute atomic E-state index is 0.0425. The molecule has 0 amide bonds. The van der Waals surface area contributed by atoms with Gasteiger partial charge in [-0.25, -0.2) is 0 Å². The Bertz CT molecular complexity index is 203. The summed E-state index contributed by atoms with van der Waals surface area (Å²) < 4.78 is 0. The monoisotopic (exact) mass is 165 g/mol. The van der Waals surface area contributed by atoms with Crippen LogP contribution in [0, 0.1) is 0 Å². The van der Waals surface area contributed by atoms with E-state index in [0.29, 0.717) is 0 Å². The molecule has 0 spiro atoms. The van der Waals surface area contributed by atoms with Crippen LogP contribution in [0.5, 0.6) is 0 Å². The highest BCUT2D eigenvalue weighted by Crippen LogP contribution is 2.07. The zero-order valence-corrected chi connectivity index (χ0v) is 7.67. The molecule has 0 aromatic carbocycles. The van der Waals surface area contributed by atoms with E-state index in [1.807, 2.05) is 6.07 Å². The van der Waals surface area contributed by atoms with Gasteiger partial charge in [0.1, 0.15) is 0 Å². The third-order valence-corrected chi connectivity index (χ3v) is 1.92. The van der Waals surface area contributed by atoms with E-state index in [2.05, 4.69) is 24.9 Å². The van der Waals surface area contributed by atoms with Gasteiger partial charge >= 0.3 is 0 Å². The predicted octanol–water partition coefficient (Wildman–Crippen LogP) is 1.70. The average molecular weight is 165 g/mol. The van der Waals surface area contributed by atoms with Gasteiger partial charge in [0.25, 0.3) is 0 Å². The quantitative estimate of drug-likeness (QED) is 0.739. The molecule has 0 fully saturated rings. The van der Waals surface area contributed by atoms with Crippen molar-refractivity contribution in [2.45, 2.75) is 33.3 Å². The fourth-order valence-electron chi connectivity index (χ4n) is 1.18. The van der Waals surface area contributed by atoms with Crippen LogP contribution in [-0.2, 0) is 19.4 Å². The maximum atomic E-state index is 8.92. The lowest BCUT2D eigenvalue weighted by Crippen LogP contribution is -1.97. The normalized spacial score (nSPS) is 10.2. The van der Waals surface area contributed by atoms with Gasteiger partial charge in [-0.15, -0.1) is 0 Å². The molecule has 0 unspecified atom stereocenters. The maximum absolute atomic E-state index is 8.92. The summed E-state index contributed by atoms with van der Waals surface area (Å²) in [6.07, 6.45) is 1.93. The second-order valence-electron chi connectivity index (χ2n) is 2.82. The Balaban J connectivity index is 3.01. The molecule has 2 nitrogen and oxygen atoms in total. The van der Waals surface area contributed by atoms with Gasteiger partial charge in [-0.3, -0.25) is 4.98 Å². The number of nitrogens with zero attached hydrogens (tertiary/aromatic N) is 1. The molecule has 66 valence electrons. The summed E-state index contributed by atoms with van der Waals surface area (Å²) in [6, 6.07) is 4.05. The number of aliphatic hydroxyl groups is 1. The highest BCUT2D eigenvalue weighted by Gasteiger charge is 1.98. The van der Waals surface area contributed by atoms with Crippen molar-refractivity contribution >= 4 is 0 Å². The van der Waals surface area contributed by atoms with E-state index in [4.69, 9.17) is 5.11 Å². The molecule has 0 atom stereocenters. The first-order valence-corrected chi connectivity index (χ1v) is 4.39. The average Bonchev–Trinajstić information content (AvgIpc) is 2.16. The van der Waals surface area contributed by atoms with Crippen molar-refractivity contribution in [1.82, 2.24) is 4.98 Å². The van der Waals surface area contributed by atoms with Gasteiger partial charge in [-0.05, 0) is 30.5 Å². The number of hydrogen-bond donors (Lipinski definition) is 1. The van der Waals surface area contributed by atoms with Crippen LogP contribution in [0.25, 0.3) is 0 Å². The third kappa shape index (κ3) is 2.05. The molecule has 0 radical (unpaired) electrons. The number of aromatic nitrogens is 1. The molecule has 1 rings (SSSR count). The van der Waals surface area contributed by atoms with Crippen molar-refractivity contribution in [3.05, 3.63) is 29.1 Å². The molecule has 12 heavy (non-hydrogen) atoms. The van der Waals surface area contributed by atoms with E-state index in [0.717, 1.165) is 24.2 Å². The Hall–Kier alpha value is -0.890. The Morgan fingerprint density at radius 2 is 1.83 bits per heavy atom. The molecule has 0 saturated carbocycles. The van der Waals surface area contributed by atoms with Gasteiger partial charge in [0.2, 0.25) is 0 Å². The number of hydrogen-bond acceptors (Lipinski definition) is 2. The van der Waals surface area contributed by atoms with E-state index in [1.54, 1.807) is 0 Å². The summed E-state index contributed by atoms with van der Waals surface area (Å²) in [7, 11) is 0. The molecule has 0 aliphatic heterocycles. The van der Waals surface area contributed by atoms with Crippen LogP contribution in [-0.4, -0.2) is 10.1 Å². The zero-order chi connectivity index (χ0) is 8.97. The van der Waals surface area contributed by atoms with E-state index < -0.39 is 0 Å². The Morgan fingerprint density at radius 1 is 1.17 bits per heavy atom. The molecule has 0 saturated heterocycles. The van der Waals surface area contributed by atoms with Crippen molar-refractivity contribution in [2.75, 3.05) is 0 Å². The lowest BCUT2D eigenvalue weighted by molar-refractivity contribution is 0.276. The Kier molecular flexibility index (Phi) is 3.23. The molecule has 0 aliphatic rings. The molecule has 1 aromatic heterocycles. The molecular formula is C10H15NO. The number of pyridine rings is 1. The van der Waals surface area contributed by atoms with Crippen LogP contribution in [0.4, 0.5) is 0 Å². The van der Waals surface area contributed by atoms with Crippen LogP contribution in [0.15, 0.2) is 12.1 Å². The van der Waals surface area contributed by atoms with Gasteiger partial charge in [0.15, 0.2) is 0 Å². The van der Waals surface area contributed by atoms with Gasteiger partial charge in [-0.2, -0.15) is 0 Å². The largest absolute Gasteiger partial charge is 0.390 e. The SMILES string of the molecule is CCc1cc(CC)nc(CO)c1. The summed E-state index contributed by atoms with van der Waals surface area (Å²) in [6.45, 7) is 4.22. The summed E-state index contributed by atoms with van der Waals surface area (Å²) >= 11 is 0. The summed E-state index contributed by atoms with van der Waals surface area (Å²) in [5, 5.41) is 8.92. The van der Waals surface area contributed by atoms with E-state index in [-0.39, 0.29) is 6.61 Å². The molecule has 2 heteroatoms. The van der Waals surface area contributed by atoms with Crippen molar-refractivity contribution < 1.29 is 5.11 Å². The maximum Gasteiger partial charge on any atom is 0.0853 e. The van der Waals surface area contributed by atoms with Crippen molar-refractivity contribution in [3.63, 3.8) is 0 Å². The lowest BCUT2D eigenvalue weighted by Gasteiger charge is -2.03. The van der Waals surface area contributed by atoms with Crippen molar-refractivity contribution in [2.24, 2.45) is 0 Å². The summed E-state index contributed by atoms with van der Waals surface area (Å²) in [4.78, 5) is 4.27. The van der Waals surface area contributed by atoms with Crippen LogP contribution in [0.3, 0.4) is 0 Å². The van der Waals surface area contributed by atoms with Gasteiger partial charge in [-0.1, -0.05) is 13.8 Å². The van der Waals surface area contributed by atoms with Crippen LogP contribution in [0.2, 0.25) is 0 Å². The first-order chi connectivity index (χ1) is 5.80. The Morgan fingerprint density at radius 3 is 2.33 bits per heavy atom. The number of rotatable bonds is 3. The molecule has 1 heterocycles. The fourth-order valence-corrected chi connectivity index (χ4v) is 1.18. The second kappa shape index (κ2) is 4.21. The molecule has 0 bridgehead atoms. The van der Waals surface area contributed by atoms with E-state index >= 15 is 0 Å². The smallest absolute Gasteiger partial charge is 0.0853 e. The summed E-state index contributed by atoms with van der Waals surface area (Å²) in [5.41, 5.74) is 3.11. The topological polar surface area (TPSA) is 33.1 Å². The molecular weight excluding hydrogens is 150 g/mol. The van der Waals surface area contributed by atoms with Crippen LogP contribution < -0.4 is 0 Å². The molecule has 0 aliphatic carbocycles. The molecule has 1 aromatic rings. The highest BCUT2D eigenvalue weighted by atomic mass is 16.3. The fraction of sp³-hybridized carbons (Fsp3) is 0.500. The first-order valence-electron chi connectivity index (χ1n) is 4.39. The number of aliphatic hydroxyl groups excluding tert-OH is 1. The minimum atomic E-state index is 0.0425. The first kappa shape index (κ1) is 9.20. The van der Waals surface area contributed by atoms with E-state index in [9.17, 15) is 0 Å². The van der Waals surface area contributed by atoms with Crippen molar-refractivity contribution in [3.8, 4) is 0 Å². The third-order valence-electron chi connectivity index (χ3n) is 1.92. The zero-order valence-electron chi connectivity index (χ0n) is 7.67. The van der Waals surface area contributed by atoms with Crippen molar-refractivity contribution in [1.29, 1.82) is 0 Å². The van der Waals surface area contributed by atoms with Gasteiger partial charge in [0.05, 0.1) is 12.3 Å². The summed E-state index contributed by atoms with van der Waals surface area (Å²) in [5.74, 6) is 0. The minimum Gasteiger partial charge on any atom is -0.390 e. The van der Waals surface area contributed by atoms with Gasteiger partial charge < -0.3 is 5.11 Å². The van der Waals surface area contributed by atoms with Gasteiger partial charge in [0, 0.05) is 5.69 Å². The number of aryl methyl sites for hydroxylation is 2. The molecule has 1 N–H and O–H groups in total. The van der Waals surface area contributed by atoms with Crippen LogP contribution in [0.1, 0.15) is 30.8 Å². The second-order valence-corrected chi connectivity index (χ2v) is 2.82.